The lowest BCUT2D eigenvalue weighted by Gasteiger charge is -2.09. The highest BCUT2D eigenvalue weighted by Crippen LogP contribution is 2.12. The fraction of sp³-hybridized carbons (Fsp3) is 0.786. The van der Waals surface area contributed by atoms with Crippen molar-refractivity contribution in [3.63, 3.8) is 0 Å². The van der Waals surface area contributed by atoms with Crippen LogP contribution in [0.1, 0.15) is 52.9 Å². The van der Waals surface area contributed by atoms with Gasteiger partial charge in [0, 0.05) is 26.1 Å². The summed E-state index contributed by atoms with van der Waals surface area (Å²) in [6.07, 6.45) is 5.20. The molecule has 0 amide bonds. The standard InChI is InChI=1S/C6H14O2.C6H10O.C2H4/c1-4-7-6(3)8-5-2;7-6-4-2-1-3-5-6;1-2/h6H,4-5H2,1-3H3;1-5H2;1-2H2. The first kappa shape index (κ1) is 18.7. The molecule has 0 unspecified atom stereocenters. The van der Waals surface area contributed by atoms with Crippen molar-refractivity contribution in [3.8, 4) is 0 Å². The van der Waals surface area contributed by atoms with Crippen LogP contribution in [-0.4, -0.2) is 25.3 Å². The molecule has 3 heteroatoms. The Morgan fingerprint density at radius 2 is 1.47 bits per heavy atom. The molecule has 0 atom stereocenters. The van der Waals surface area contributed by atoms with E-state index in [1.165, 1.54) is 6.42 Å². The average molecular weight is 244 g/mol. The summed E-state index contributed by atoms with van der Waals surface area (Å²) in [5.74, 6) is 0.464. The molecule has 17 heavy (non-hydrogen) atoms. The maximum Gasteiger partial charge on any atom is 0.154 e. The normalized spacial score (nSPS) is 14.5. The number of carbonyl (C=O) groups excluding carboxylic acids is 1. The van der Waals surface area contributed by atoms with Crippen LogP contribution in [0.25, 0.3) is 0 Å². The molecule has 1 aliphatic rings. The molecule has 102 valence electrons. The van der Waals surface area contributed by atoms with Crippen LogP contribution in [0.15, 0.2) is 13.2 Å². The lowest BCUT2D eigenvalue weighted by molar-refractivity contribution is -0.123. The first-order valence-corrected chi connectivity index (χ1v) is 6.45. The maximum atomic E-state index is 10.5. The lowest BCUT2D eigenvalue weighted by atomic mass is 10.00. The zero-order chi connectivity index (χ0) is 13.5. The van der Waals surface area contributed by atoms with Crippen molar-refractivity contribution >= 4 is 5.78 Å². The predicted octanol–water partition coefficient (Wildman–Crippen LogP) is 3.73. The molecule has 0 aromatic carbocycles. The Balaban J connectivity index is 0. The minimum absolute atomic E-state index is 0.0370. The second-order valence-electron chi connectivity index (χ2n) is 3.58. The maximum absolute atomic E-state index is 10.5. The van der Waals surface area contributed by atoms with Crippen molar-refractivity contribution in [2.24, 2.45) is 0 Å². The SMILES string of the molecule is C=C.CCOC(C)OCC.O=C1CCCCC1. The minimum Gasteiger partial charge on any atom is -0.353 e. The molecule has 1 fully saturated rings. The van der Waals surface area contributed by atoms with Gasteiger partial charge in [-0.2, -0.15) is 0 Å². The summed E-state index contributed by atoms with van der Waals surface area (Å²) in [6, 6.07) is 0. The van der Waals surface area contributed by atoms with Crippen LogP contribution in [-0.2, 0) is 14.3 Å². The number of Topliss-reactive ketones (excluding diaryl/α,β-unsaturated/α-hetero) is 1. The molecule has 0 heterocycles. The van der Waals surface area contributed by atoms with E-state index in [0.717, 1.165) is 38.9 Å². The fourth-order valence-corrected chi connectivity index (χ4v) is 1.46. The predicted molar refractivity (Wildman–Crippen MR) is 72.1 cm³/mol. The summed E-state index contributed by atoms with van der Waals surface area (Å²) in [7, 11) is 0. The van der Waals surface area contributed by atoms with Crippen molar-refractivity contribution in [2.75, 3.05) is 13.2 Å². The highest BCUT2D eigenvalue weighted by Gasteiger charge is 2.05. The van der Waals surface area contributed by atoms with Crippen LogP contribution in [0.2, 0.25) is 0 Å². The second-order valence-corrected chi connectivity index (χ2v) is 3.58. The zero-order valence-corrected chi connectivity index (χ0v) is 11.7. The number of ether oxygens (including phenoxy) is 2. The minimum atomic E-state index is -0.0370. The van der Waals surface area contributed by atoms with Crippen LogP contribution in [0.5, 0.6) is 0 Å². The molecule has 1 aliphatic carbocycles. The van der Waals surface area contributed by atoms with E-state index >= 15 is 0 Å². The quantitative estimate of drug-likeness (QED) is 0.558. The van der Waals surface area contributed by atoms with E-state index in [2.05, 4.69) is 13.2 Å². The van der Waals surface area contributed by atoms with Crippen LogP contribution in [0.3, 0.4) is 0 Å². The van der Waals surface area contributed by atoms with Gasteiger partial charge in [-0.05, 0) is 33.6 Å². The molecule has 1 saturated carbocycles. The van der Waals surface area contributed by atoms with Gasteiger partial charge >= 0.3 is 0 Å². The van der Waals surface area contributed by atoms with Gasteiger partial charge < -0.3 is 9.47 Å². The van der Waals surface area contributed by atoms with Crippen molar-refractivity contribution < 1.29 is 14.3 Å². The van der Waals surface area contributed by atoms with Crippen LogP contribution < -0.4 is 0 Å². The first-order valence-electron chi connectivity index (χ1n) is 6.45. The first-order chi connectivity index (χ1) is 8.20. The number of ketones is 1. The van der Waals surface area contributed by atoms with Gasteiger partial charge in [-0.1, -0.05) is 6.42 Å². The Morgan fingerprint density at radius 3 is 1.71 bits per heavy atom. The number of hydrogen-bond acceptors (Lipinski definition) is 3. The summed E-state index contributed by atoms with van der Waals surface area (Å²) < 4.78 is 10.1. The van der Waals surface area contributed by atoms with E-state index in [-0.39, 0.29) is 6.29 Å². The summed E-state index contributed by atoms with van der Waals surface area (Å²) in [4.78, 5) is 10.5. The van der Waals surface area contributed by atoms with E-state index in [9.17, 15) is 4.79 Å². The Labute approximate surface area is 106 Å². The molecule has 0 spiro atoms. The Bertz CT molecular complexity index is 155. The molecule has 0 aromatic heterocycles. The number of hydrogen-bond donors (Lipinski definition) is 0. The number of rotatable bonds is 4. The third kappa shape index (κ3) is 15.3. The molecule has 0 bridgehead atoms. The second kappa shape index (κ2) is 15.3. The largest absolute Gasteiger partial charge is 0.353 e. The van der Waals surface area contributed by atoms with Crippen molar-refractivity contribution in [3.05, 3.63) is 13.2 Å². The van der Waals surface area contributed by atoms with Gasteiger partial charge in [-0.25, -0.2) is 0 Å². The van der Waals surface area contributed by atoms with Gasteiger partial charge in [0.2, 0.25) is 0 Å². The summed E-state index contributed by atoms with van der Waals surface area (Å²) in [6.45, 7) is 13.3. The van der Waals surface area contributed by atoms with E-state index < -0.39 is 0 Å². The molecule has 0 aromatic rings. The van der Waals surface area contributed by atoms with Gasteiger partial charge in [0.05, 0.1) is 0 Å². The fourth-order valence-electron chi connectivity index (χ4n) is 1.46. The van der Waals surface area contributed by atoms with E-state index in [4.69, 9.17) is 9.47 Å². The molecule has 0 radical (unpaired) electrons. The van der Waals surface area contributed by atoms with Crippen molar-refractivity contribution in [1.29, 1.82) is 0 Å². The Hall–Kier alpha value is -0.670. The number of carbonyl (C=O) groups is 1. The third-order valence-electron chi connectivity index (χ3n) is 2.21. The van der Waals surface area contributed by atoms with E-state index in [0.29, 0.717) is 5.78 Å². The van der Waals surface area contributed by atoms with Crippen molar-refractivity contribution in [1.82, 2.24) is 0 Å². The topological polar surface area (TPSA) is 35.5 Å². The molecular formula is C14H28O3. The summed E-state index contributed by atoms with van der Waals surface area (Å²) in [5, 5.41) is 0. The van der Waals surface area contributed by atoms with Gasteiger partial charge in [0.25, 0.3) is 0 Å². The van der Waals surface area contributed by atoms with Gasteiger partial charge in [0.15, 0.2) is 6.29 Å². The van der Waals surface area contributed by atoms with Crippen LogP contribution in [0.4, 0.5) is 0 Å². The highest BCUT2D eigenvalue weighted by atomic mass is 16.7. The van der Waals surface area contributed by atoms with Crippen molar-refractivity contribution in [2.45, 2.75) is 59.2 Å². The summed E-state index contributed by atoms with van der Waals surface area (Å²) >= 11 is 0. The Morgan fingerprint density at radius 1 is 1.06 bits per heavy atom. The smallest absolute Gasteiger partial charge is 0.154 e. The van der Waals surface area contributed by atoms with E-state index in [1.807, 2.05) is 20.8 Å². The van der Waals surface area contributed by atoms with E-state index in [1.54, 1.807) is 0 Å². The van der Waals surface area contributed by atoms with Gasteiger partial charge in [-0.15, -0.1) is 13.2 Å². The molecule has 1 rings (SSSR count). The molecule has 0 saturated heterocycles. The molecular weight excluding hydrogens is 216 g/mol. The van der Waals surface area contributed by atoms with Crippen LogP contribution in [0, 0.1) is 0 Å². The average Bonchev–Trinajstić information content (AvgIpc) is 2.34. The monoisotopic (exact) mass is 244 g/mol. The lowest BCUT2D eigenvalue weighted by Crippen LogP contribution is -2.11. The van der Waals surface area contributed by atoms with Crippen LogP contribution >= 0.6 is 0 Å². The Kier molecular flexibility index (Phi) is 16.9. The molecule has 3 nitrogen and oxygen atoms in total. The van der Waals surface area contributed by atoms with Gasteiger partial charge in [-0.3, -0.25) is 4.79 Å². The zero-order valence-electron chi connectivity index (χ0n) is 11.7. The molecule has 0 N–H and O–H groups in total. The van der Waals surface area contributed by atoms with Gasteiger partial charge in [0.1, 0.15) is 5.78 Å². The third-order valence-corrected chi connectivity index (χ3v) is 2.21. The highest BCUT2D eigenvalue weighted by molar-refractivity contribution is 5.78. The summed E-state index contributed by atoms with van der Waals surface area (Å²) in [5.41, 5.74) is 0. The molecule has 0 aliphatic heterocycles.